The lowest BCUT2D eigenvalue weighted by Crippen LogP contribution is -2.49. The van der Waals surface area contributed by atoms with Crippen LogP contribution >= 0.6 is 0 Å². The summed E-state index contributed by atoms with van der Waals surface area (Å²) in [6, 6.07) is 7.98. The number of aromatic nitrogens is 2. The molecule has 4 rings (SSSR count). The van der Waals surface area contributed by atoms with E-state index < -0.39 is 11.5 Å². The molecule has 2 saturated heterocycles. The van der Waals surface area contributed by atoms with Crippen LogP contribution in [0.2, 0.25) is 0 Å². The van der Waals surface area contributed by atoms with Crippen LogP contribution in [0, 0.1) is 0 Å². The number of halogens is 2. The molecule has 0 saturated carbocycles. The van der Waals surface area contributed by atoms with E-state index in [4.69, 9.17) is 4.74 Å². The largest absolute Gasteiger partial charge is 0.486 e. The number of alkyl halides is 2. The van der Waals surface area contributed by atoms with E-state index in [1.54, 1.807) is 6.20 Å². The Bertz CT molecular complexity index is 832. The lowest BCUT2D eigenvalue weighted by molar-refractivity contribution is -0.0724. The normalized spacial score (nSPS) is 24.9. The second kappa shape index (κ2) is 8.61. The Kier molecular flexibility index (Phi) is 6.09. The van der Waals surface area contributed by atoms with Gasteiger partial charge < -0.3 is 14.4 Å². The molecule has 2 aliphatic rings. The molecule has 0 radical (unpaired) electrons. The van der Waals surface area contributed by atoms with Gasteiger partial charge in [-0.05, 0) is 24.1 Å². The Morgan fingerprint density at radius 1 is 1.07 bits per heavy atom. The summed E-state index contributed by atoms with van der Waals surface area (Å²) in [5, 5.41) is 11.0. The summed E-state index contributed by atoms with van der Waals surface area (Å²) in [5.74, 6) is -0.886. The number of aliphatic hydroxyl groups is 1. The maximum absolute atomic E-state index is 13.3. The van der Waals surface area contributed by atoms with E-state index in [0.717, 1.165) is 30.2 Å². The number of rotatable bonds is 7. The minimum absolute atomic E-state index is 0.110. The van der Waals surface area contributed by atoms with Crippen LogP contribution < -0.4 is 4.74 Å². The molecule has 0 spiro atoms. The molecule has 30 heavy (non-hydrogen) atoms. The Morgan fingerprint density at radius 2 is 1.77 bits per heavy atom. The highest BCUT2D eigenvalue weighted by molar-refractivity contribution is 5.27. The van der Waals surface area contributed by atoms with Crippen molar-refractivity contribution in [3.05, 3.63) is 48.0 Å². The van der Waals surface area contributed by atoms with Gasteiger partial charge in [-0.3, -0.25) is 9.80 Å². The van der Waals surface area contributed by atoms with Gasteiger partial charge in [0.25, 0.3) is 5.92 Å². The van der Waals surface area contributed by atoms with Crippen molar-refractivity contribution in [2.75, 3.05) is 32.7 Å². The number of piperidine rings is 1. The number of benzene rings is 1. The zero-order chi connectivity index (χ0) is 21.2. The molecule has 1 aromatic heterocycles. The molecule has 0 aliphatic carbocycles. The Balaban J connectivity index is 1.24. The molecular weight excluding hydrogens is 390 g/mol. The van der Waals surface area contributed by atoms with Gasteiger partial charge in [0, 0.05) is 71.6 Å². The molecule has 0 unspecified atom stereocenters. The summed E-state index contributed by atoms with van der Waals surface area (Å²) < 4.78 is 34.4. The van der Waals surface area contributed by atoms with Gasteiger partial charge in [0.1, 0.15) is 18.2 Å². The maximum atomic E-state index is 13.3. The highest BCUT2D eigenvalue weighted by Crippen LogP contribution is 2.30. The SMILES string of the molecule is Cn1ccnc1COc1ccc(CN2CC[C@@](O)(CN3CCC(F)(F)CC3)C2)cc1. The predicted molar refractivity (Wildman–Crippen MR) is 109 cm³/mol. The Hall–Kier alpha value is -2.03. The number of hydrogen-bond donors (Lipinski definition) is 1. The second-order valence-electron chi connectivity index (χ2n) is 8.70. The molecule has 2 aromatic rings. The number of hydrogen-bond acceptors (Lipinski definition) is 5. The topological polar surface area (TPSA) is 53.8 Å². The summed E-state index contributed by atoms with van der Waals surface area (Å²) in [4.78, 5) is 8.45. The van der Waals surface area contributed by atoms with Crippen molar-refractivity contribution in [2.45, 2.75) is 43.9 Å². The first-order valence-electron chi connectivity index (χ1n) is 10.5. The highest BCUT2D eigenvalue weighted by atomic mass is 19.3. The van der Waals surface area contributed by atoms with Gasteiger partial charge in [0.05, 0.1) is 5.60 Å². The van der Waals surface area contributed by atoms with E-state index in [1.165, 1.54) is 0 Å². The number of β-amino-alcohol motifs (C(OH)–C–C–N with tert-alkyl or cyclic N) is 1. The molecular formula is C22H30F2N4O2. The third-order valence-electron chi connectivity index (χ3n) is 6.14. The van der Waals surface area contributed by atoms with Crippen molar-refractivity contribution < 1.29 is 18.6 Å². The van der Waals surface area contributed by atoms with Crippen LogP contribution in [0.25, 0.3) is 0 Å². The summed E-state index contributed by atoms with van der Waals surface area (Å²) in [5.41, 5.74) is 0.332. The van der Waals surface area contributed by atoms with E-state index >= 15 is 0 Å². The van der Waals surface area contributed by atoms with Crippen molar-refractivity contribution >= 4 is 0 Å². The van der Waals surface area contributed by atoms with E-state index in [2.05, 4.69) is 9.88 Å². The molecule has 1 aromatic carbocycles. The van der Waals surface area contributed by atoms with Crippen molar-refractivity contribution in [1.29, 1.82) is 0 Å². The van der Waals surface area contributed by atoms with Crippen molar-refractivity contribution in [3.8, 4) is 5.75 Å². The molecule has 1 atom stereocenters. The van der Waals surface area contributed by atoms with E-state index in [9.17, 15) is 13.9 Å². The fraction of sp³-hybridized carbons (Fsp3) is 0.591. The Labute approximate surface area is 176 Å². The quantitative estimate of drug-likeness (QED) is 0.747. The van der Waals surface area contributed by atoms with Crippen LogP contribution in [0.15, 0.2) is 36.7 Å². The van der Waals surface area contributed by atoms with Gasteiger partial charge in [-0.15, -0.1) is 0 Å². The molecule has 3 heterocycles. The van der Waals surface area contributed by atoms with Crippen molar-refractivity contribution in [3.63, 3.8) is 0 Å². The smallest absolute Gasteiger partial charge is 0.250 e. The number of likely N-dealkylation sites (tertiary alicyclic amines) is 2. The van der Waals surface area contributed by atoms with Gasteiger partial charge in [-0.2, -0.15) is 0 Å². The summed E-state index contributed by atoms with van der Waals surface area (Å²) in [6.45, 7) is 3.73. The number of ether oxygens (including phenoxy) is 1. The van der Waals surface area contributed by atoms with Gasteiger partial charge in [-0.1, -0.05) is 12.1 Å². The lowest BCUT2D eigenvalue weighted by Gasteiger charge is -2.36. The minimum Gasteiger partial charge on any atom is -0.486 e. The van der Waals surface area contributed by atoms with Crippen molar-refractivity contribution in [2.24, 2.45) is 7.05 Å². The monoisotopic (exact) mass is 420 g/mol. The average Bonchev–Trinajstić information content (AvgIpc) is 3.28. The maximum Gasteiger partial charge on any atom is 0.250 e. The number of nitrogens with zero attached hydrogens (tertiary/aromatic N) is 4. The third-order valence-corrected chi connectivity index (χ3v) is 6.14. The molecule has 164 valence electrons. The molecule has 8 heteroatoms. The summed E-state index contributed by atoms with van der Waals surface area (Å²) in [6.07, 6.45) is 4.09. The average molecular weight is 421 g/mol. The lowest BCUT2D eigenvalue weighted by atomic mass is 10.00. The van der Waals surface area contributed by atoms with Crippen LogP contribution in [-0.4, -0.2) is 68.7 Å². The first-order chi connectivity index (χ1) is 14.3. The number of aryl methyl sites for hydroxylation is 1. The van der Waals surface area contributed by atoms with Crippen LogP contribution in [0.3, 0.4) is 0 Å². The third kappa shape index (κ3) is 5.36. The first-order valence-corrected chi connectivity index (χ1v) is 10.5. The van der Waals surface area contributed by atoms with E-state index in [-0.39, 0.29) is 12.8 Å². The summed E-state index contributed by atoms with van der Waals surface area (Å²) >= 11 is 0. The molecule has 2 aliphatic heterocycles. The predicted octanol–water partition coefficient (Wildman–Crippen LogP) is 2.67. The second-order valence-corrected chi connectivity index (χ2v) is 8.70. The van der Waals surface area contributed by atoms with Crippen LogP contribution in [0.1, 0.15) is 30.7 Å². The van der Waals surface area contributed by atoms with Crippen LogP contribution in [0.5, 0.6) is 5.75 Å². The Morgan fingerprint density at radius 3 is 2.43 bits per heavy atom. The summed E-state index contributed by atoms with van der Waals surface area (Å²) in [7, 11) is 1.94. The van der Waals surface area contributed by atoms with Gasteiger partial charge in [0.15, 0.2) is 0 Å². The molecule has 1 N–H and O–H groups in total. The number of imidazole rings is 1. The first kappa shape index (κ1) is 21.2. The molecule has 0 amide bonds. The van der Waals surface area contributed by atoms with E-state index in [1.807, 2.05) is 47.0 Å². The van der Waals surface area contributed by atoms with Gasteiger partial charge >= 0.3 is 0 Å². The van der Waals surface area contributed by atoms with E-state index in [0.29, 0.717) is 39.2 Å². The van der Waals surface area contributed by atoms with Gasteiger partial charge in [0.2, 0.25) is 0 Å². The molecule has 6 nitrogen and oxygen atoms in total. The van der Waals surface area contributed by atoms with Crippen LogP contribution in [-0.2, 0) is 20.2 Å². The standard InChI is InChI=1S/C22H30F2N4O2/c1-26-13-9-25-20(26)15-30-19-4-2-18(3-5-19)14-28-10-6-21(29,17-28)16-27-11-7-22(23,24)8-12-27/h2-5,9,13,29H,6-8,10-12,14-17H2,1H3/t21-/m1/s1. The molecule has 0 bridgehead atoms. The fourth-order valence-electron chi connectivity index (χ4n) is 4.29. The van der Waals surface area contributed by atoms with Crippen molar-refractivity contribution in [1.82, 2.24) is 19.4 Å². The van der Waals surface area contributed by atoms with Crippen LogP contribution in [0.4, 0.5) is 8.78 Å². The van der Waals surface area contributed by atoms with Gasteiger partial charge in [-0.25, -0.2) is 13.8 Å². The highest BCUT2D eigenvalue weighted by Gasteiger charge is 2.40. The fourth-order valence-corrected chi connectivity index (χ4v) is 4.29. The zero-order valence-electron chi connectivity index (χ0n) is 17.4. The molecule has 2 fully saturated rings. The minimum atomic E-state index is -2.55. The zero-order valence-corrected chi connectivity index (χ0v) is 17.4.